The summed E-state index contributed by atoms with van der Waals surface area (Å²) in [4.78, 5) is 14.2. The van der Waals surface area contributed by atoms with Gasteiger partial charge in [-0.25, -0.2) is 9.97 Å². The molecule has 3 aromatic rings. The fourth-order valence-electron chi connectivity index (χ4n) is 3.78. The van der Waals surface area contributed by atoms with Gasteiger partial charge in [-0.2, -0.15) is 0 Å². The summed E-state index contributed by atoms with van der Waals surface area (Å²) >= 11 is 0. The van der Waals surface area contributed by atoms with Crippen molar-refractivity contribution in [1.82, 2.24) is 14.9 Å². The van der Waals surface area contributed by atoms with Crippen LogP contribution in [0.2, 0.25) is 0 Å². The van der Waals surface area contributed by atoms with Crippen LogP contribution in [-0.2, 0) is 6.54 Å². The molecule has 1 aromatic heterocycles. The summed E-state index contributed by atoms with van der Waals surface area (Å²) in [5.74, 6) is 2.65. The number of nitrogens with one attached hydrogen (secondary N) is 1. The van der Waals surface area contributed by atoms with Crippen LogP contribution >= 0.6 is 0 Å². The predicted octanol–water partition coefficient (Wildman–Crippen LogP) is 4.47. The van der Waals surface area contributed by atoms with Crippen LogP contribution in [0.15, 0.2) is 54.6 Å². The van der Waals surface area contributed by atoms with Gasteiger partial charge in [-0.3, -0.25) is 4.90 Å². The maximum atomic E-state index is 4.70. The molecule has 150 valence electrons. The van der Waals surface area contributed by atoms with Crippen LogP contribution in [0, 0.1) is 20.8 Å². The van der Waals surface area contributed by atoms with E-state index in [2.05, 4.69) is 88.5 Å². The first-order valence-corrected chi connectivity index (χ1v) is 10.3. The Hall–Kier alpha value is -2.92. The molecule has 0 unspecified atom stereocenters. The Balaban J connectivity index is 1.43. The summed E-state index contributed by atoms with van der Waals surface area (Å²) in [5, 5.41) is 3.49. The van der Waals surface area contributed by atoms with Crippen LogP contribution in [0.25, 0.3) is 0 Å². The van der Waals surface area contributed by atoms with Crippen LogP contribution in [0.1, 0.15) is 22.5 Å². The summed E-state index contributed by atoms with van der Waals surface area (Å²) in [6.07, 6.45) is 0. The van der Waals surface area contributed by atoms with Gasteiger partial charge >= 0.3 is 0 Å². The largest absolute Gasteiger partial charge is 0.354 e. The Morgan fingerprint density at radius 2 is 1.62 bits per heavy atom. The summed E-state index contributed by atoms with van der Waals surface area (Å²) in [6.45, 7) is 11.3. The zero-order valence-electron chi connectivity index (χ0n) is 17.5. The molecule has 1 aliphatic rings. The second-order valence-electron chi connectivity index (χ2n) is 7.78. The molecule has 0 atom stereocenters. The molecule has 5 nitrogen and oxygen atoms in total. The molecule has 1 saturated heterocycles. The van der Waals surface area contributed by atoms with E-state index >= 15 is 0 Å². The Morgan fingerprint density at radius 1 is 0.862 bits per heavy atom. The van der Waals surface area contributed by atoms with Crippen molar-refractivity contribution in [3.8, 4) is 0 Å². The maximum absolute atomic E-state index is 4.70. The van der Waals surface area contributed by atoms with Gasteiger partial charge in [0.2, 0.25) is 0 Å². The van der Waals surface area contributed by atoms with E-state index in [0.717, 1.165) is 55.9 Å². The van der Waals surface area contributed by atoms with Crippen molar-refractivity contribution in [1.29, 1.82) is 0 Å². The molecule has 0 bridgehead atoms. The quantitative estimate of drug-likeness (QED) is 0.700. The minimum atomic E-state index is 0.794. The van der Waals surface area contributed by atoms with Gasteiger partial charge < -0.3 is 10.2 Å². The summed E-state index contributed by atoms with van der Waals surface area (Å²) in [7, 11) is 0. The second kappa shape index (κ2) is 8.62. The van der Waals surface area contributed by atoms with Gasteiger partial charge in [0.1, 0.15) is 17.5 Å². The monoisotopic (exact) mass is 387 g/mol. The number of benzene rings is 2. The molecule has 4 rings (SSSR count). The Morgan fingerprint density at radius 3 is 2.38 bits per heavy atom. The van der Waals surface area contributed by atoms with E-state index in [9.17, 15) is 0 Å². The Kier molecular flexibility index (Phi) is 5.76. The standard InChI is InChI=1S/C24H29N5/c1-18-8-7-11-22(19(18)2)27-23-16-24(26-20(3)25-23)29-14-12-28(13-15-29)17-21-9-5-4-6-10-21/h4-11,16H,12-15,17H2,1-3H3,(H,25,26,27). The molecule has 0 saturated carbocycles. The van der Waals surface area contributed by atoms with E-state index in [4.69, 9.17) is 4.98 Å². The van der Waals surface area contributed by atoms with Crippen LogP contribution in [-0.4, -0.2) is 41.0 Å². The lowest BCUT2D eigenvalue weighted by molar-refractivity contribution is 0.249. The molecular formula is C24H29N5. The fourth-order valence-corrected chi connectivity index (χ4v) is 3.78. The van der Waals surface area contributed by atoms with E-state index in [-0.39, 0.29) is 0 Å². The van der Waals surface area contributed by atoms with E-state index in [1.807, 2.05) is 6.92 Å². The minimum Gasteiger partial charge on any atom is -0.354 e. The molecule has 2 aromatic carbocycles. The number of nitrogens with zero attached hydrogens (tertiary/aromatic N) is 4. The molecule has 0 spiro atoms. The lowest BCUT2D eigenvalue weighted by Crippen LogP contribution is -2.46. The number of hydrogen-bond donors (Lipinski definition) is 1. The average Bonchev–Trinajstić information content (AvgIpc) is 2.72. The molecule has 1 N–H and O–H groups in total. The highest BCUT2D eigenvalue weighted by molar-refractivity contribution is 5.64. The van der Waals surface area contributed by atoms with Gasteiger partial charge in [-0.1, -0.05) is 42.5 Å². The topological polar surface area (TPSA) is 44.3 Å². The summed E-state index contributed by atoms with van der Waals surface area (Å²) in [5.41, 5.74) is 5.00. The lowest BCUT2D eigenvalue weighted by Gasteiger charge is -2.35. The minimum absolute atomic E-state index is 0.794. The third kappa shape index (κ3) is 4.74. The Bertz CT molecular complexity index is 962. The SMILES string of the molecule is Cc1nc(Nc2cccc(C)c2C)cc(N2CCN(Cc3ccccc3)CC2)n1. The van der Waals surface area contributed by atoms with Crippen LogP contribution in [0.5, 0.6) is 0 Å². The highest BCUT2D eigenvalue weighted by Crippen LogP contribution is 2.24. The lowest BCUT2D eigenvalue weighted by atomic mass is 10.1. The Labute approximate surface area is 173 Å². The summed E-state index contributed by atoms with van der Waals surface area (Å²) in [6, 6.07) is 19.1. The predicted molar refractivity (Wildman–Crippen MR) is 120 cm³/mol. The van der Waals surface area contributed by atoms with E-state index in [0.29, 0.717) is 0 Å². The van der Waals surface area contributed by atoms with Crippen molar-refractivity contribution in [2.24, 2.45) is 0 Å². The summed E-state index contributed by atoms with van der Waals surface area (Å²) < 4.78 is 0. The average molecular weight is 388 g/mol. The van der Waals surface area contributed by atoms with Gasteiger partial charge in [-0.05, 0) is 43.5 Å². The third-order valence-corrected chi connectivity index (χ3v) is 5.64. The van der Waals surface area contributed by atoms with Crippen molar-refractivity contribution in [2.45, 2.75) is 27.3 Å². The van der Waals surface area contributed by atoms with E-state index in [1.54, 1.807) is 0 Å². The van der Waals surface area contributed by atoms with Gasteiger partial charge in [0.15, 0.2) is 0 Å². The van der Waals surface area contributed by atoms with Crippen molar-refractivity contribution in [3.05, 3.63) is 77.1 Å². The van der Waals surface area contributed by atoms with Gasteiger partial charge in [0.25, 0.3) is 0 Å². The number of piperazine rings is 1. The van der Waals surface area contributed by atoms with Crippen LogP contribution < -0.4 is 10.2 Å². The molecular weight excluding hydrogens is 358 g/mol. The molecule has 1 aliphatic heterocycles. The van der Waals surface area contributed by atoms with Gasteiger partial charge in [0, 0.05) is 44.5 Å². The zero-order valence-corrected chi connectivity index (χ0v) is 17.5. The zero-order chi connectivity index (χ0) is 20.2. The fraction of sp³-hybridized carbons (Fsp3) is 0.333. The number of rotatable bonds is 5. The first-order valence-electron chi connectivity index (χ1n) is 10.3. The highest BCUT2D eigenvalue weighted by Gasteiger charge is 2.19. The molecule has 0 amide bonds. The van der Waals surface area contributed by atoms with Gasteiger partial charge in [-0.15, -0.1) is 0 Å². The van der Waals surface area contributed by atoms with E-state index in [1.165, 1.54) is 16.7 Å². The maximum Gasteiger partial charge on any atom is 0.136 e. The number of aryl methyl sites for hydroxylation is 2. The first kappa shape index (κ1) is 19.4. The highest BCUT2D eigenvalue weighted by atomic mass is 15.3. The normalized spacial score (nSPS) is 14.8. The molecule has 5 heteroatoms. The second-order valence-corrected chi connectivity index (χ2v) is 7.78. The first-order chi connectivity index (χ1) is 14.1. The number of hydrogen-bond acceptors (Lipinski definition) is 5. The van der Waals surface area contributed by atoms with E-state index < -0.39 is 0 Å². The van der Waals surface area contributed by atoms with Crippen LogP contribution in [0.3, 0.4) is 0 Å². The van der Waals surface area contributed by atoms with Crippen molar-refractivity contribution < 1.29 is 0 Å². The van der Waals surface area contributed by atoms with Crippen molar-refractivity contribution in [2.75, 3.05) is 36.4 Å². The van der Waals surface area contributed by atoms with Crippen molar-refractivity contribution >= 4 is 17.3 Å². The smallest absolute Gasteiger partial charge is 0.136 e. The molecule has 29 heavy (non-hydrogen) atoms. The van der Waals surface area contributed by atoms with Crippen molar-refractivity contribution in [3.63, 3.8) is 0 Å². The number of anilines is 3. The molecule has 2 heterocycles. The molecule has 0 aliphatic carbocycles. The third-order valence-electron chi connectivity index (χ3n) is 5.64. The van der Waals surface area contributed by atoms with Crippen LogP contribution in [0.4, 0.5) is 17.3 Å². The molecule has 1 fully saturated rings. The molecule has 0 radical (unpaired) electrons. The number of aromatic nitrogens is 2. The van der Waals surface area contributed by atoms with Gasteiger partial charge in [0.05, 0.1) is 0 Å².